The second-order valence-corrected chi connectivity index (χ2v) is 8.03. The Bertz CT molecular complexity index is 1690. The molecule has 6 rings (SSSR count). The van der Waals surface area contributed by atoms with Gasteiger partial charge in [0, 0.05) is 52.1 Å². The van der Waals surface area contributed by atoms with Crippen LogP contribution in [0.4, 0.5) is 10.1 Å². The van der Waals surface area contributed by atoms with Gasteiger partial charge in [0.15, 0.2) is 5.65 Å². The number of rotatable bonds is 4. The van der Waals surface area contributed by atoms with Crippen LogP contribution in [0.5, 0.6) is 5.75 Å². The summed E-state index contributed by atoms with van der Waals surface area (Å²) in [6, 6.07) is 16.5. The zero-order chi connectivity index (χ0) is 23.2. The number of hydrogen-bond acceptors (Lipinski definition) is 5. The molecule has 0 aliphatic carbocycles. The molecule has 0 amide bonds. The van der Waals surface area contributed by atoms with E-state index in [1.165, 1.54) is 19.2 Å². The summed E-state index contributed by atoms with van der Waals surface area (Å²) < 4.78 is 19.4. The molecule has 8 heteroatoms. The van der Waals surface area contributed by atoms with E-state index in [4.69, 9.17) is 10.5 Å². The van der Waals surface area contributed by atoms with Gasteiger partial charge in [-0.05, 0) is 47.5 Å². The number of methoxy groups -OCH3 is 1. The average molecular weight is 450 g/mol. The van der Waals surface area contributed by atoms with Crippen molar-refractivity contribution in [3.8, 4) is 39.4 Å². The van der Waals surface area contributed by atoms with Crippen LogP contribution in [0, 0.1) is 5.82 Å². The Labute approximate surface area is 193 Å². The number of fused-ring (bicyclic) bond motifs is 2. The first kappa shape index (κ1) is 19.9. The number of H-pyrrole nitrogens is 2. The lowest BCUT2D eigenvalue weighted by molar-refractivity contribution is 0.411. The molecule has 0 aliphatic rings. The van der Waals surface area contributed by atoms with Gasteiger partial charge in [0.05, 0.1) is 24.2 Å². The summed E-state index contributed by atoms with van der Waals surface area (Å²) in [7, 11) is 1.53. The highest BCUT2D eigenvalue weighted by molar-refractivity contribution is 6.01. The van der Waals surface area contributed by atoms with E-state index < -0.39 is 0 Å². The van der Waals surface area contributed by atoms with Crippen molar-refractivity contribution >= 4 is 27.6 Å². The van der Waals surface area contributed by atoms with Gasteiger partial charge >= 0.3 is 0 Å². The minimum absolute atomic E-state index is 0.351. The maximum absolute atomic E-state index is 14.2. The summed E-state index contributed by atoms with van der Waals surface area (Å²) in [6.07, 6.45) is 5.11. The largest absolute Gasteiger partial charge is 0.497 e. The molecule has 0 atom stereocenters. The van der Waals surface area contributed by atoms with Gasteiger partial charge in [-0.15, -0.1) is 0 Å². The molecular formula is C26H19FN6O. The normalized spacial score (nSPS) is 11.4. The van der Waals surface area contributed by atoms with Crippen molar-refractivity contribution in [2.24, 2.45) is 0 Å². The Hall–Kier alpha value is -4.72. The van der Waals surface area contributed by atoms with Crippen LogP contribution >= 0.6 is 0 Å². The van der Waals surface area contributed by atoms with Crippen LogP contribution in [0.2, 0.25) is 0 Å². The number of nitrogens with zero attached hydrogens (tertiary/aromatic N) is 3. The minimum Gasteiger partial charge on any atom is -0.497 e. The Morgan fingerprint density at radius 1 is 0.912 bits per heavy atom. The third kappa shape index (κ3) is 3.32. The van der Waals surface area contributed by atoms with Gasteiger partial charge in [0.1, 0.15) is 11.6 Å². The van der Waals surface area contributed by atoms with E-state index in [0.29, 0.717) is 17.1 Å². The van der Waals surface area contributed by atoms with Crippen molar-refractivity contribution in [2.45, 2.75) is 0 Å². The number of pyridine rings is 2. The molecule has 166 valence electrons. The third-order valence-electron chi connectivity index (χ3n) is 5.85. The number of nitrogen functional groups attached to an aromatic ring is 1. The predicted octanol–water partition coefficient (Wildman–Crippen LogP) is 5.57. The molecule has 0 radical (unpaired) electrons. The van der Waals surface area contributed by atoms with Crippen molar-refractivity contribution in [2.75, 3.05) is 12.8 Å². The summed E-state index contributed by atoms with van der Waals surface area (Å²) in [5, 5.41) is 9.29. The molecule has 0 saturated heterocycles. The Morgan fingerprint density at radius 3 is 2.65 bits per heavy atom. The smallest absolute Gasteiger partial charge is 0.181 e. The summed E-state index contributed by atoms with van der Waals surface area (Å²) in [4.78, 5) is 12.1. The molecule has 6 aromatic rings. The van der Waals surface area contributed by atoms with Crippen molar-refractivity contribution in [1.82, 2.24) is 25.1 Å². The molecule has 4 N–H and O–H groups in total. The van der Waals surface area contributed by atoms with E-state index in [0.717, 1.165) is 49.9 Å². The standard InChI is InChI=1S/C26H19FN6O/c1-34-19-7-14(5-17(27)9-19)20-3-2-4-23-21(20)10-24(31-23)25-22-8-16(12-30-26(22)33-32-25)15-6-18(28)13-29-11-15/h2-13,31H,28H2,1H3,(H,30,32,33). The first-order chi connectivity index (χ1) is 16.6. The molecule has 2 aromatic carbocycles. The lowest BCUT2D eigenvalue weighted by Gasteiger charge is -2.07. The highest BCUT2D eigenvalue weighted by Crippen LogP contribution is 2.36. The van der Waals surface area contributed by atoms with Gasteiger partial charge in [0.2, 0.25) is 0 Å². The number of anilines is 1. The maximum Gasteiger partial charge on any atom is 0.181 e. The summed E-state index contributed by atoms with van der Waals surface area (Å²) in [5.74, 6) is 0.119. The molecule has 34 heavy (non-hydrogen) atoms. The van der Waals surface area contributed by atoms with E-state index in [9.17, 15) is 4.39 Å². The summed E-state index contributed by atoms with van der Waals surface area (Å²) >= 11 is 0. The zero-order valence-electron chi connectivity index (χ0n) is 18.1. The van der Waals surface area contributed by atoms with Crippen LogP contribution in [0.15, 0.2) is 73.2 Å². The maximum atomic E-state index is 14.2. The van der Waals surface area contributed by atoms with Gasteiger partial charge in [-0.3, -0.25) is 10.1 Å². The Balaban J connectivity index is 1.50. The molecular weight excluding hydrogens is 431 g/mol. The Morgan fingerprint density at radius 2 is 1.79 bits per heavy atom. The predicted molar refractivity (Wildman–Crippen MR) is 131 cm³/mol. The number of nitrogens with two attached hydrogens (primary N) is 1. The number of ether oxygens (including phenoxy) is 1. The number of benzene rings is 2. The monoisotopic (exact) mass is 450 g/mol. The van der Waals surface area contributed by atoms with Gasteiger partial charge in [-0.25, -0.2) is 9.37 Å². The van der Waals surface area contributed by atoms with Crippen LogP contribution in [0.3, 0.4) is 0 Å². The second-order valence-electron chi connectivity index (χ2n) is 8.03. The fraction of sp³-hybridized carbons (Fsp3) is 0.0385. The topological polar surface area (TPSA) is 106 Å². The van der Waals surface area contributed by atoms with Crippen LogP contribution in [0.1, 0.15) is 0 Å². The molecule has 4 aromatic heterocycles. The molecule has 0 spiro atoms. The van der Waals surface area contributed by atoms with Crippen LogP contribution in [-0.4, -0.2) is 32.3 Å². The van der Waals surface area contributed by atoms with Gasteiger partial charge < -0.3 is 15.5 Å². The molecule has 4 heterocycles. The molecule has 0 fully saturated rings. The number of aromatic amines is 2. The van der Waals surface area contributed by atoms with Crippen molar-refractivity contribution < 1.29 is 9.13 Å². The van der Waals surface area contributed by atoms with Crippen LogP contribution in [-0.2, 0) is 0 Å². The third-order valence-corrected chi connectivity index (χ3v) is 5.85. The fourth-order valence-corrected chi connectivity index (χ4v) is 4.26. The molecule has 0 aliphatic heterocycles. The van der Waals surface area contributed by atoms with E-state index in [2.05, 4.69) is 25.1 Å². The molecule has 7 nitrogen and oxygen atoms in total. The molecule has 0 unspecified atom stereocenters. The van der Waals surface area contributed by atoms with Gasteiger partial charge in [-0.1, -0.05) is 12.1 Å². The fourth-order valence-electron chi connectivity index (χ4n) is 4.26. The van der Waals surface area contributed by atoms with Crippen molar-refractivity contribution in [3.63, 3.8) is 0 Å². The van der Waals surface area contributed by atoms with E-state index in [1.54, 1.807) is 18.6 Å². The highest BCUT2D eigenvalue weighted by atomic mass is 19.1. The zero-order valence-corrected chi connectivity index (χ0v) is 18.1. The number of aromatic nitrogens is 5. The lowest BCUT2D eigenvalue weighted by Crippen LogP contribution is -1.88. The van der Waals surface area contributed by atoms with Gasteiger partial charge in [-0.2, -0.15) is 5.10 Å². The van der Waals surface area contributed by atoms with Crippen molar-refractivity contribution in [3.05, 3.63) is 79.0 Å². The minimum atomic E-state index is -0.351. The van der Waals surface area contributed by atoms with E-state index in [1.807, 2.05) is 42.5 Å². The van der Waals surface area contributed by atoms with E-state index >= 15 is 0 Å². The highest BCUT2D eigenvalue weighted by Gasteiger charge is 2.15. The quantitative estimate of drug-likeness (QED) is 0.326. The van der Waals surface area contributed by atoms with Crippen LogP contribution in [0.25, 0.3) is 55.6 Å². The first-order valence-corrected chi connectivity index (χ1v) is 10.6. The SMILES string of the molecule is COc1cc(F)cc(-c2cccc3[nH]c(-c4[nH]nc5ncc(-c6cncc(N)c6)cc45)cc23)c1. The van der Waals surface area contributed by atoms with Gasteiger partial charge in [0.25, 0.3) is 0 Å². The van der Waals surface area contributed by atoms with Crippen molar-refractivity contribution in [1.29, 1.82) is 0 Å². The lowest BCUT2D eigenvalue weighted by atomic mass is 10.0. The average Bonchev–Trinajstić information content (AvgIpc) is 3.47. The van der Waals surface area contributed by atoms with E-state index in [-0.39, 0.29) is 5.82 Å². The Kier molecular flexibility index (Phi) is 4.51. The van der Waals surface area contributed by atoms with Crippen LogP contribution < -0.4 is 10.5 Å². The number of nitrogens with one attached hydrogen (secondary N) is 2. The molecule has 0 bridgehead atoms. The summed E-state index contributed by atoms with van der Waals surface area (Å²) in [6.45, 7) is 0. The summed E-state index contributed by atoms with van der Waals surface area (Å²) in [5.41, 5.74) is 13.1. The number of halogens is 1. The first-order valence-electron chi connectivity index (χ1n) is 10.6. The second kappa shape index (κ2) is 7.70. The molecule has 0 saturated carbocycles. The number of hydrogen-bond donors (Lipinski definition) is 3.